The molecule has 0 radical (unpaired) electrons. The van der Waals surface area contributed by atoms with Gasteiger partial charge in [-0.15, -0.1) is 0 Å². The maximum absolute atomic E-state index is 9.05. The number of aliphatic hydroxyl groups excluding tert-OH is 1. The van der Waals surface area contributed by atoms with Crippen LogP contribution in [-0.2, 0) is 0 Å². The van der Waals surface area contributed by atoms with E-state index in [0.717, 1.165) is 15.7 Å². The minimum absolute atomic E-state index is 0.0521. The molecule has 4 heteroatoms. The van der Waals surface area contributed by atoms with Crippen molar-refractivity contribution in [3.8, 4) is 0 Å². The Morgan fingerprint density at radius 3 is 2.64 bits per heavy atom. The van der Waals surface area contributed by atoms with E-state index < -0.39 is 0 Å². The van der Waals surface area contributed by atoms with E-state index in [4.69, 9.17) is 10.8 Å². The third kappa shape index (κ3) is 2.26. The van der Waals surface area contributed by atoms with Crippen LogP contribution >= 0.6 is 15.9 Å². The molecule has 0 aliphatic heterocycles. The zero-order valence-corrected chi connectivity index (χ0v) is 9.95. The van der Waals surface area contributed by atoms with Crippen molar-refractivity contribution in [2.45, 2.75) is 6.04 Å². The maximum Gasteiger partial charge on any atom is 0.0625 e. The summed E-state index contributed by atoms with van der Waals surface area (Å²) in [6.07, 6.45) is 0. The van der Waals surface area contributed by atoms with Crippen LogP contribution < -0.4 is 10.6 Å². The van der Waals surface area contributed by atoms with E-state index >= 15 is 0 Å². The van der Waals surface area contributed by atoms with Gasteiger partial charge in [-0.2, -0.15) is 0 Å². The molecule has 14 heavy (non-hydrogen) atoms. The van der Waals surface area contributed by atoms with Gasteiger partial charge in [-0.05, 0) is 12.1 Å². The fraction of sp³-hybridized carbons (Fsp3) is 0.400. The van der Waals surface area contributed by atoms with Crippen LogP contribution in [-0.4, -0.2) is 25.8 Å². The van der Waals surface area contributed by atoms with E-state index in [2.05, 4.69) is 15.9 Å². The Hall–Kier alpha value is -0.580. The largest absolute Gasteiger partial charge is 0.394 e. The van der Waals surface area contributed by atoms with Crippen molar-refractivity contribution in [3.63, 3.8) is 0 Å². The van der Waals surface area contributed by atoms with Gasteiger partial charge >= 0.3 is 0 Å². The van der Waals surface area contributed by atoms with Crippen molar-refractivity contribution in [3.05, 3.63) is 28.2 Å². The number of nitrogens with zero attached hydrogens (tertiary/aromatic N) is 1. The van der Waals surface area contributed by atoms with E-state index in [1.165, 1.54) is 0 Å². The first-order valence-corrected chi connectivity index (χ1v) is 5.19. The standard InChI is InChI=1S/C10H15BrN2O/c1-13(2)9-5-3-4-7(11)10(9)8(12)6-14/h3-5,8,14H,6,12H2,1-2H3. The Balaban J connectivity index is 3.22. The molecule has 0 saturated carbocycles. The summed E-state index contributed by atoms with van der Waals surface area (Å²) in [5.74, 6) is 0. The third-order valence-electron chi connectivity index (χ3n) is 2.08. The van der Waals surface area contributed by atoms with E-state index in [0.29, 0.717) is 0 Å². The van der Waals surface area contributed by atoms with E-state index in [1.54, 1.807) is 0 Å². The molecular weight excluding hydrogens is 244 g/mol. The molecule has 1 aromatic rings. The minimum Gasteiger partial charge on any atom is -0.394 e. The lowest BCUT2D eigenvalue weighted by atomic mass is 10.1. The maximum atomic E-state index is 9.05. The zero-order valence-electron chi connectivity index (χ0n) is 8.37. The predicted octanol–water partition coefficient (Wildman–Crippen LogP) is 1.51. The molecule has 0 bridgehead atoms. The smallest absolute Gasteiger partial charge is 0.0625 e. The molecule has 3 nitrogen and oxygen atoms in total. The molecule has 0 amide bonds. The SMILES string of the molecule is CN(C)c1cccc(Br)c1C(N)CO. The molecule has 0 aliphatic rings. The highest BCUT2D eigenvalue weighted by Crippen LogP contribution is 2.30. The third-order valence-corrected chi connectivity index (χ3v) is 2.77. The van der Waals surface area contributed by atoms with Gasteiger partial charge in [0.25, 0.3) is 0 Å². The Morgan fingerprint density at radius 1 is 1.50 bits per heavy atom. The fourth-order valence-electron chi connectivity index (χ4n) is 1.37. The van der Waals surface area contributed by atoms with Gasteiger partial charge in [0.05, 0.1) is 12.6 Å². The highest BCUT2D eigenvalue weighted by atomic mass is 79.9. The zero-order chi connectivity index (χ0) is 10.7. The summed E-state index contributed by atoms with van der Waals surface area (Å²) in [4.78, 5) is 1.98. The molecule has 0 heterocycles. The topological polar surface area (TPSA) is 49.5 Å². The lowest BCUT2D eigenvalue weighted by Crippen LogP contribution is -2.20. The number of aliphatic hydroxyl groups is 1. The lowest BCUT2D eigenvalue weighted by Gasteiger charge is -2.21. The average molecular weight is 259 g/mol. The van der Waals surface area contributed by atoms with Crippen LogP contribution in [0, 0.1) is 0 Å². The first-order valence-electron chi connectivity index (χ1n) is 4.40. The Kier molecular flexibility index (Phi) is 3.92. The number of benzene rings is 1. The van der Waals surface area contributed by atoms with E-state index in [-0.39, 0.29) is 12.6 Å². The second kappa shape index (κ2) is 4.77. The normalized spacial score (nSPS) is 12.6. The monoisotopic (exact) mass is 258 g/mol. The van der Waals surface area contributed by atoms with Gasteiger partial charge in [0.15, 0.2) is 0 Å². The summed E-state index contributed by atoms with van der Waals surface area (Å²) < 4.78 is 0.935. The Morgan fingerprint density at radius 2 is 2.14 bits per heavy atom. The fourth-order valence-corrected chi connectivity index (χ4v) is 2.02. The average Bonchev–Trinajstić information content (AvgIpc) is 2.16. The molecule has 1 rings (SSSR count). The van der Waals surface area contributed by atoms with Gasteiger partial charge in [-0.3, -0.25) is 0 Å². The van der Waals surface area contributed by atoms with Gasteiger partial charge in [0.2, 0.25) is 0 Å². The lowest BCUT2D eigenvalue weighted by molar-refractivity contribution is 0.268. The van der Waals surface area contributed by atoms with E-state index in [1.807, 2.05) is 37.2 Å². The summed E-state index contributed by atoms with van der Waals surface area (Å²) in [7, 11) is 3.91. The summed E-state index contributed by atoms with van der Waals surface area (Å²) in [5, 5.41) is 9.05. The van der Waals surface area contributed by atoms with Gasteiger partial charge < -0.3 is 15.7 Å². The number of rotatable bonds is 3. The van der Waals surface area contributed by atoms with Gasteiger partial charge in [-0.25, -0.2) is 0 Å². The number of hydrogen-bond donors (Lipinski definition) is 2. The Bertz CT molecular complexity index is 315. The van der Waals surface area contributed by atoms with Gasteiger partial charge in [0.1, 0.15) is 0 Å². The summed E-state index contributed by atoms with van der Waals surface area (Å²) in [6, 6.07) is 5.52. The van der Waals surface area contributed by atoms with Crippen molar-refractivity contribution >= 4 is 21.6 Å². The van der Waals surface area contributed by atoms with Crippen LogP contribution in [0.3, 0.4) is 0 Å². The van der Waals surface area contributed by atoms with Crippen molar-refractivity contribution in [1.82, 2.24) is 0 Å². The van der Waals surface area contributed by atoms with Crippen molar-refractivity contribution in [1.29, 1.82) is 0 Å². The number of hydrogen-bond acceptors (Lipinski definition) is 3. The molecule has 1 unspecified atom stereocenters. The van der Waals surface area contributed by atoms with Crippen molar-refractivity contribution in [2.75, 3.05) is 25.6 Å². The number of anilines is 1. The molecule has 0 aliphatic carbocycles. The predicted molar refractivity (Wildman–Crippen MR) is 62.5 cm³/mol. The molecule has 0 saturated heterocycles. The molecule has 0 fully saturated rings. The second-order valence-corrected chi connectivity index (χ2v) is 4.21. The van der Waals surface area contributed by atoms with Crippen LogP contribution in [0.2, 0.25) is 0 Å². The van der Waals surface area contributed by atoms with Crippen LogP contribution in [0.5, 0.6) is 0 Å². The highest BCUT2D eigenvalue weighted by molar-refractivity contribution is 9.10. The highest BCUT2D eigenvalue weighted by Gasteiger charge is 2.14. The van der Waals surface area contributed by atoms with Crippen molar-refractivity contribution < 1.29 is 5.11 Å². The molecule has 78 valence electrons. The van der Waals surface area contributed by atoms with Crippen LogP contribution in [0.1, 0.15) is 11.6 Å². The molecule has 0 spiro atoms. The minimum atomic E-state index is -0.344. The second-order valence-electron chi connectivity index (χ2n) is 3.36. The molecule has 0 aromatic heterocycles. The van der Waals surface area contributed by atoms with E-state index in [9.17, 15) is 0 Å². The van der Waals surface area contributed by atoms with Gasteiger partial charge in [-0.1, -0.05) is 22.0 Å². The van der Waals surface area contributed by atoms with Crippen LogP contribution in [0.15, 0.2) is 22.7 Å². The van der Waals surface area contributed by atoms with Gasteiger partial charge in [0, 0.05) is 29.8 Å². The molecule has 1 atom stereocenters. The van der Waals surface area contributed by atoms with Crippen LogP contribution in [0.4, 0.5) is 5.69 Å². The molecule has 1 aromatic carbocycles. The van der Waals surface area contributed by atoms with Crippen LogP contribution in [0.25, 0.3) is 0 Å². The first-order chi connectivity index (χ1) is 6.57. The van der Waals surface area contributed by atoms with Crippen molar-refractivity contribution in [2.24, 2.45) is 5.73 Å². The summed E-state index contributed by atoms with van der Waals surface area (Å²) in [5.41, 5.74) is 7.80. The first kappa shape index (κ1) is 11.5. The summed E-state index contributed by atoms with van der Waals surface area (Å²) in [6.45, 7) is -0.0521. The molecular formula is C10H15BrN2O. The quantitative estimate of drug-likeness (QED) is 0.865. The summed E-state index contributed by atoms with van der Waals surface area (Å²) >= 11 is 3.44. The Labute approximate surface area is 92.7 Å². The molecule has 3 N–H and O–H groups in total. The number of halogens is 1. The number of nitrogens with two attached hydrogens (primary N) is 1.